The van der Waals surface area contributed by atoms with Crippen LogP contribution in [0.4, 0.5) is 5.69 Å². The number of ether oxygens (including phenoxy) is 1. The lowest BCUT2D eigenvalue weighted by molar-refractivity contribution is -0.116. The summed E-state index contributed by atoms with van der Waals surface area (Å²) in [5.41, 5.74) is 5.95. The van der Waals surface area contributed by atoms with Gasteiger partial charge in [-0.3, -0.25) is 4.79 Å². The molecule has 0 atom stereocenters. The van der Waals surface area contributed by atoms with Crippen molar-refractivity contribution in [3.05, 3.63) is 71.3 Å². The molecule has 1 aromatic heterocycles. The molecule has 212 valence electrons. The van der Waals surface area contributed by atoms with Crippen molar-refractivity contribution in [1.82, 2.24) is 18.8 Å². The summed E-state index contributed by atoms with van der Waals surface area (Å²) in [6.45, 7) is 4.37. The van der Waals surface area contributed by atoms with E-state index < -0.39 is 10.0 Å². The molecule has 0 radical (unpaired) electrons. The predicted octanol–water partition coefficient (Wildman–Crippen LogP) is 4.58. The monoisotopic (exact) mass is 563 g/mol. The molecule has 0 unspecified atom stereocenters. The van der Waals surface area contributed by atoms with Gasteiger partial charge in [-0.2, -0.15) is 0 Å². The highest BCUT2D eigenvalue weighted by atomic mass is 32.2. The Bertz CT molecular complexity index is 1620. The van der Waals surface area contributed by atoms with E-state index in [4.69, 9.17) is 9.72 Å². The van der Waals surface area contributed by atoms with Crippen LogP contribution in [0.25, 0.3) is 22.4 Å². The number of carbonyl (C=O) groups is 1. The van der Waals surface area contributed by atoms with E-state index in [9.17, 15) is 13.2 Å². The van der Waals surface area contributed by atoms with Gasteiger partial charge in [0.15, 0.2) is 0 Å². The molecule has 1 N–H and O–H groups in total. The average molecular weight is 564 g/mol. The lowest BCUT2D eigenvalue weighted by Crippen LogP contribution is -2.31. The largest absolute Gasteiger partial charge is 0.497 e. The molecule has 3 aromatic carbocycles. The maximum Gasteiger partial charge on any atom is 0.243 e. The number of sulfonamides is 1. The number of nitrogens with zero attached hydrogens (tertiary/aromatic N) is 4. The molecule has 1 heterocycles. The number of amides is 1. The molecule has 0 saturated heterocycles. The van der Waals surface area contributed by atoms with Gasteiger partial charge >= 0.3 is 0 Å². The van der Waals surface area contributed by atoms with Gasteiger partial charge in [0.2, 0.25) is 15.9 Å². The number of hydrogen-bond donors (Lipinski definition) is 1. The molecule has 0 aliphatic rings. The fourth-order valence-electron chi connectivity index (χ4n) is 4.86. The second kappa shape index (κ2) is 11.8. The van der Waals surface area contributed by atoms with Gasteiger partial charge in [0.1, 0.15) is 11.6 Å². The normalized spacial score (nSPS) is 11.9. The van der Waals surface area contributed by atoms with E-state index >= 15 is 0 Å². The van der Waals surface area contributed by atoms with Crippen molar-refractivity contribution in [2.24, 2.45) is 7.05 Å². The van der Waals surface area contributed by atoms with Crippen LogP contribution < -0.4 is 10.1 Å². The lowest BCUT2D eigenvalue weighted by Gasteiger charge is -2.20. The predicted molar refractivity (Wildman–Crippen MR) is 159 cm³/mol. The number of aromatic nitrogens is 2. The van der Waals surface area contributed by atoms with E-state index in [2.05, 4.69) is 33.0 Å². The van der Waals surface area contributed by atoms with Crippen LogP contribution in [0.5, 0.6) is 5.75 Å². The number of carbonyl (C=O) groups excluding carboxylic acids is 1. The van der Waals surface area contributed by atoms with Gasteiger partial charge in [0.05, 0.1) is 23.0 Å². The lowest BCUT2D eigenvalue weighted by atomic mass is 10.1. The van der Waals surface area contributed by atoms with E-state index in [1.54, 1.807) is 33.1 Å². The van der Waals surface area contributed by atoms with Crippen molar-refractivity contribution in [1.29, 1.82) is 0 Å². The molecule has 4 rings (SSSR count). The van der Waals surface area contributed by atoms with Crippen LogP contribution in [0.1, 0.15) is 23.1 Å². The van der Waals surface area contributed by atoms with Crippen LogP contribution >= 0.6 is 0 Å². The summed E-state index contributed by atoms with van der Waals surface area (Å²) in [7, 11) is 5.34. The number of hydrogen-bond acceptors (Lipinski definition) is 6. The Kier molecular flexibility index (Phi) is 8.62. The van der Waals surface area contributed by atoms with Crippen molar-refractivity contribution in [2.75, 3.05) is 40.1 Å². The summed E-state index contributed by atoms with van der Waals surface area (Å²) in [6.07, 6.45) is 0.0196. The SMILES string of the molecule is COc1cc(C)c(S(=O)(=O)N(C)CCC(=O)Nc2ccc(-c3nc4cc(CN(C)C)ccc4n3C)cc2)c(C)c1. The van der Waals surface area contributed by atoms with Crippen LogP contribution in [-0.4, -0.2) is 67.9 Å². The number of methoxy groups -OCH3 is 1. The Morgan fingerprint density at radius 3 is 2.25 bits per heavy atom. The number of benzene rings is 3. The Labute approximate surface area is 236 Å². The van der Waals surface area contributed by atoms with Gasteiger partial charge in [-0.05, 0) is 93.2 Å². The molecule has 0 aliphatic heterocycles. The number of rotatable bonds is 10. The van der Waals surface area contributed by atoms with Gasteiger partial charge in [-0.25, -0.2) is 17.7 Å². The quantitative estimate of drug-likeness (QED) is 0.304. The minimum atomic E-state index is -3.77. The Hall–Kier alpha value is -3.73. The fourth-order valence-corrected chi connectivity index (χ4v) is 6.44. The molecular formula is C30H37N5O4S. The standard InChI is InChI=1S/C30H37N5O4S/c1-20-16-25(39-7)17-21(2)29(20)40(37,38)34(5)15-14-28(36)31-24-11-9-23(10-12-24)30-32-26-18-22(19-33(3)4)8-13-27(26)35(30)6/h8-13,16-18H,14-15,19H2,1-7H3,(H,31,36). The van der Waals surface area contributed by atoms with E-state index in [1.165, 1.54) is 16.9 Å². The summed E-state index contributed by atoms with van der Waals surface area (Å²) < 4.78 is 35.0. The first-order valence-electron chi connectivity index (χ1n) is 13.0. The number of imidazole rings is 1. The third-order valence-corrected chi connectivity index (χ3v) is 9.03. The molecule has 0 bridgehead atoms. The van der Waals surface area contributed by atoms with Gasteiger partial charge in [0, 0.05) is 44.9 Å². The maximum atomic E-state index is 13.2. The summed E-state index contributed by atoms with van der Waals surface area (Å²) >= 11 is 0. The number of aryl methyl sites for hydroxylation is 3. The summed E-state index contributed by atoms with van der Waals surface area (Å²) in [4.78, 5) is 19.9. The molecule has 10 heteroatoms. The molecule has 0 spiro atoms. The van der Waals surface area contributed by atoms with E-state index in [0.717, 1.165) is 29.0 Å². The van der Waals surface area contributed by atoms with Gasteiger partial charge in [-0.1, -0.05) is 6.07 Å². The molecular weight excluding hydrogens is 526 g/mol. The maximum absolute atomic E-state index is 13.2. The van der Waals surface area contributed by atoms with E-state index in [0.29, 0.717) is 22.6 Å². The van der Waals surface area contributed by atoms with Crippen LogP contribution in [0, 0.1) is 13.8 Å². The van der Waals surface area contributed by atoms with Crippen LogP contribution in [0.3, 0.4) is 0 Å². The molecule has 0 saturated carbocycles. The van der Waals surface area contributed by atoms with Crippen molar-refractivity contribution in [3.63, 3.8) is 0 Å². The highest BCUT2D eigenvalue weighted by Gasteiger charge is 2.26. The Balaban J connectivity index is 1.41. The summed E-state index contributed by atoms with van der Waals surface area (Å²) in [5, 5.41) is 2.86. The third-order valence-electron chi connectivity index (χ3n) is 6.86. The summed E-state index contributed by atoms with van der Waals surface area (Å²) in [6, 6.07) is 17.2. The van der Waals surface area contributed by atoms with Crippen molar-refractivity contribution in [2.45, 2.75) is 31.7 Å². The molecule has 4 aromatic rings. The fraction of sp³-hybridized carbons (Fsp3) is 0.333. The zero-order valence-corrected chi connectivity index (χ0v) is 25.0. The van der Waals surface area contributed by atoms with Gasteiger partial charge in [0.25, 0.3) is 0 Å². The second-order valence-corrected chi connectivity index (χ2v) is 12.3. The van der Waals surface area contributed by atoms with Crippen molar-refractivity contribution in [3.8, 4) is 17.1 Å². The van der Waals surface area contributed by atoms with Gasteiger partial charge < -0.3 is 19.5 Å². The molecule has 40 heavy (non-hydrogen) atoms. The smallest absolute Gasteiger partial charge is 0.243 e. The van der Waals surface area contributed by atoms with Crippen LogP contribution in [0.2, 0.25) is 0 Å². The van der Waals surface area contributed by atoms with Crippen LogP contribution in [-0.2, 0) is 28.4 Å². The highest BCUT2D eigenvalue weighted by molar-refractivity contribution is 7.89. The minimum Gasteiger partial charge on any atom is -0.497 e. The third kappa shape index (κ3) is 6.19. The average Bonchev–Trinajstić information content (AvgIpc) is 3.22. The van der Waals surface area contributed by atoms with E-state index in [-0.39, 0.29) is 23.8 Å². The number of fused-ring (bicyclic) bond motifs is 1. The molecule has 9 nitrogen and oxygen atoms in total. The Morgan fingerprint density at radius 2 is 1.65 bits per heavy atom. The first-order valence-corrected chi connectivity index (χ1v) is 14.5. The van der Waals surface area contributed by atoms with Crippen LogP contribution in [0.15, 0.2) is 59.5 Å². The summed E-state index contributed by atoms with van der Waals surface area (Å²) in [5.74, 6) is 1.17. The first kappa shape index (κ1) is 29.3. The molecule has 0 aliphatic carbocycles. The number of nitrogens with one attached hydrogen (secondary N) is 1. The number of anilines is 1. The zero-order chi connectivity index (χ0) is 29.2. The second-order valence-electron chi connectivity index (χ2n) is 10.3. The zero-order valence-electron chi connectivity index (χ0n) is 24.1. The van der Waals surface area contributed by atoms with Crippen molar-refractivity contribution >= 4 is 32.7 Å². The van der Waals surface area contributed by atoms with E-state index in [1.807, 2.05) is 45.4 Å². The highest BCUT2D eigenvalue weighted by Crippen LogP contribution is 2.28. The molecule has 0 fully saturated rings. The van der Waals surface area contributed by atoms with Crippen molar-refractivity contribution < 1.29 is 17.9 Å². The minimum absolute atomic E-state index is 0.0196. The van der Waals surface area contributed by atoms with Gasteiger partial charge in [-0.15, -0.1) is 0 Å². The molecule has 1 amide bonds. The Morgan fingerprint density at radius 1 is 1.00 bits per heavy atom. The first-order chi connectivity index (χ1) is 18.9. The topological polar surface area (TPSA) is 96.8 Å².